The van der Waals surface area contributed by atoms with Gasteiger partial charge in [-0.25, -0.2) is 4.39 Å². The van der Waals surface area contributed by atoms with Crippen molar-refractivity contribution in [2.45, 2.75) is 26.1 Å². The molecule has 0 radical (unpaired) electrons. The van der Waals surface area contributed by atoms with Crippen LogP contribution in [0.5, 0.6) is 0 Å². The van der Waals surface area contributed by atoms with Crippen molar-refractivity contribution < 1.29 is 14.6 Å². The van der Waals surface area contributed by atoms with E-state index in [4.69, 9.17) is 5.11 Å². The van der Waals surface area contributed by atoms with Crippen LogP contribution in [0.2, 0.25) is 0 Å². The zero-order chi connectivity index (χ0) is 10.9. The first-order valence-electron chi connectivity index (χ1n) is 4.18. The number of benzene rings is 1. The lowest BCUT2D eigenvalue weighted by molar-refractivity contribution is 0.0755. The molecule has 0 unspecified atom stereocenters. The van der Waals surface area contributed by atoms with Crippen molar-refractivity contribution >= 4 is 15.9 Å². The highest BCUT2D eigenvalue weighted by molar-refractivity contribution is 9.10. The van der Waals surface area contributed by atoms with Gasteiger partial charge in [-0.15, -0.1) is 0 Å². The molecule has 0 aromatic heterocycles. The normalized spacial score (nSPS) is 11.9. The summed E-state index contributed by atoms with van der Waals surface area (Å²) in [4.78, 5) is 0. The Hall–Kier alpha value is -0.450. The van der Waals surface area contributed by atoms with Crippen LogP contribution in [-0.2, 0) is 12.2 Å². The van der Waals surface area contributed by atoms with Crippen LogP contribution in [0.1, 0.15) is 25.0 Å². The van der Waals surface area contributed by atoms with Gasteiger partial charge in [-0.3, -0.25) is 0 Å². The predicted molar refractivity (Wildman–Crippen MR) is 55.3 cm³/mol. The second-order valence-electron chi connectivity index (χ2n) is 3.64. The summed E-state index contributed by atoms with van der Waals surface area (Å²) in [6.07, 6.45) is 0. The van der Waals surface area contributed by atoms with Gasteiger partial charge in [0.05, 0.1) is 16.7 Å². The predicted octanol–water partition coefficient (Wildman–Crippen LogP) is 2.31. The van der Waals surface area contributed by atoms with Crippen LogP contribution in [0.15, 0.2) is 16.6 Å². The molecule has 4 heteroatoms. The Kier molecular flexibility index (Phi) is 3.29. The van der Waals surface area contributed by atoms with Gasteiger partial charge in [0.1, 0.15) is 5.82 Å². The molecule has 0 aliphatic carbocycles. The van der Waals surface area contributed by atoms with E-state index in [0.29, 0.717) is 11.1 Å². The maximum absolute atomic E-state index is 13.2. The van der Waals surface area contributed by atoms with Crippen LogP contribution in [0.4, 0.5) is 4.39 Å². The highest BCUT2D eigenvalue weighted by Crippen LogP contribution is 2.28. The number of aliphatic hydroxyl groups excluding tert-OH is 1. The summed E-state index contributed by atoms with van der Waals surface area (Å²) in [6, 6.07) is 2.71. The van der Waals surface area contributed by atoms with Gasteiger partial charge in [0.25, 0.3) is 0 Å². The van der Waals surface area contributed by atoms with Crippen LogP contribution >= 0.6 is 15.9 Å². The molecule has 0 fully saturated rings. The molecule has 0 saturated carbocycles. The van der Waals surface area contributed by atoms with E-state index in [1.54, 1.807) is 13.8 Å². The quantitative estimate of drug-likeness (QED) is 0.859. The van der Waals surface area contributed by atoms with Gasteiger partial charge in [-0.1, -0.05) is 0 Å². The summed E-state index contributed by atoms with van der Waals surface area (Å²) in [5, 5.41) is 18.8. The Labute approximate surface area is 90.5 Å². The van der Waals surface area contributed by atoms with Gasteiger partial charge in [-0.2, -0.15) is 0 Å². The van der Waals surface area contributed by atoms with Crippen molar-refractivity contribution in [3.05, 3.63) is 33.5 Å². The average Bonchev–Trinajstić information content (AvgIpc) is 2.07. The molecule has 1 rings (SSSR count). The Balaban J connectivity index is 3.35. The van der Waals surface area contributed by atoms with Gasteiger partial charge < -0.3 is 10.2 Å². The van der Waals surface area contributed by atoms with Crippen LogP contribution in [0.3, 0.4) is 0 Å². The third kappa shape index (κ3) is 2.32. The van der Waals surface area contributed by atoms with E-state index in [1.807, 2.05) is 0 Å². The second kappa shape index (κ2) is 3.96. The average molecular weight is 263 g/mol. The topological polar surface area (TPSA) is 40.5 Å². The summed E-state index contributed by atoms with van der Waals surface area (Å²) in [5.41, 5.74) is -0.231. The zero-order valence-corrected chi connectivity index (χ0v) is 9.60. The van der Waals surface area contributed by atoms with E-state index in [-0.39, 0.29) is 11.1 Å². The third-order valence-electron chi connectivity index (χ3n) is 1.98. The van der Waals surface area contributed by atoms with Crippen molar-refractivity contribution in [1.82, 2.24) is 0 Å². The van der Waals surface area contributed by atoms with Crippen molar-refractivity contribution in [3.63, 3.8) is 0 Å². The number of halogens is 2. The van der Waals surface area contributed by atoms with Gasteiger partial charge in [0.15, 0.2) is 0 Å². The minimum atomic E-state index is -1.15. The maximum atomic E-state index is 13.2. The summed E-state index contributed by atoms with van der Waals surface area (Å²) in [5.74, 6) is -0.445. The van der Waals surface area contributed by atoms with Gasteiger partial charge in [-0.05, 0) is 53.0 Å². The molecular formula is C10H12BrFO2. The summed E-state index contributed by atoms with van der Waals surface area (Å²) in [6.45, 7) is 2.88. The molecule has 0 aliphatic rings. The first-order chi connectivity index (χ1) is 6.36. The Morgan fingerprint density at radius 3 is 2.43 bits per heavy atom. The molecule has 1 aromatic rings. The van der Waals surface area contributed by atoms with Crippen molar-refractivity contribution in [1.29, 1.82) is 0 Å². The molecule has 2 N–H and O–H groups in total. The Morgan fingerprint density at radius 1 is 1.43 bits per heavy atom. The monoisotopic (exact) mass is 262 g/mol. The molecule has 0 atom stereocenters. The molecule has 0 heterocycles. The van der Waals surface area contributed by atoms with Gasteiger partial charge in [0.2, 0.25) is 0 Å². The number of aliphatic hydroxyl groups is 2. The molecule has 0 aliphatic heterocycles. The molecule has 0 spiro atoms. The third-order valence-corrected chi connectivity index (χ3v) is 2.58. The molecule has 14 heavy (non-hydrogen) atoms. The minimum absolute atomic E-state index is 0.224. The summed E-state index contributed by atoms with van der Waals surface area (Å²) < 4.78 is 13.5. The van der Waals surface area contributed by atoms with Crippen molar-refractivity contribution in [3.8, 4) is 0 Å². The number of hydrogen-bond acceptors (Lipinski definition) is 2. The largest absolute Gasteiger partial charge is 0.392 e. The lowest BCUT2D eigenvalue weighted by Gasteiger charge is -2.21. The minimum Gasteiger partial charge on any atom is -0.392 e. The second-order valence-corrected chi connectivity index (χ2v) is 4.49. The van der Waals surface area contributed by atoms with E-state index in [1.165, 1.54) is 12.1 Å². The SMILES string of the molecule is CC(C)(O)c1cc(F)c(Br)cc1CO. The van der Waals surface area contributed by atoms with E-state index in [2.05, 4.69) is 15.9 Å². The Bertz CT molecular complexity index is 345. The van der Waals surface area contributed by atoms with Gasteiger partial charge >= 0.3 is 0 Å². The van der Waals surface area contributed by atoms with E-state index >= 15 is 0 Å². The highest BCUT2D eigenvalue weighted by Gasteiger charge is 2.21. The van der Waals surface area contributed by atoms with Gasteiger partial charge in [0, 0.05) is 0 Å². The smallest absolute Gasteiger partial charge is 0.137 e. The van der Waals surface area contributed by atoms with Crippen LogP contribution < -0.4 is 0 Å². The molecule has 0 amide bonds. The molecule has 78 valence electrons. The fourth-order valence-corrected chi connectivity index (χ4v) is 1.68. The highest BCUT2D eigenvalue weighted by atomic mass is 79.9. The van der Waals surface area contributed by atoms with E-state index in [9.17, 15) is 9.50 Å². The number of hydrogen-bond donors (Lipinski definition) is 2. The summed E-state index contributed by atoms with van der Waals surface area (Å²) in [7, 11) is 0. The van der Waals surface area contributed by atoms with Crippen LogP contribution in [-0.4, -0.2) is 10.2 Å². The van der Waals surface area contributed by atoms with Crippen LogP contribution in [0.25, 0.3) is 0 Å². The lowest BCUT2D eigenvalue weighted by Crippen LogP contribution is -2.18. The lowest BCUT2D eigenvalue weighted by atomic mass is 9.93. The fourth-order valence-electron chi connectivity index (χ4n) is 1.29. The maximum Gasteiger partial charge on any atom is 0.137 e. The standard InChI is InChI=1S/C10H12BrFO2/c1-10(2,14)7-4-9(12)8(11)3-6(7)5-13/h3-4,13-14H,5H2,1-2H3. The molecule has 2 nitrogen and oxygen atoms in total. The summed E-state index contributed by atoms with van der Waals surface area (Å²) >= 11 is 3.02. The fraction of sp³-hybridized carbons (Fsp3) is 0.400. The first-order valence-corrected chi connectivity index (χ1v) is 4.97. The number of rotatable bonds is 2. The van der Waals surface area contributed by atoms with Crippen molar-refractivity contribution in [2.24, 2.45) is 0 Å². The van der Waals surface area contributed by atoms with Crippen molar-refractivity contribution in [2.75, 3.05) is 0 Å². The molecule has 0 bridgehead atoms. The molecular weight excluding hydrogens is 251 g/mol. The van der Waals surface area contributed by atoms with Crippen LogP contribution in [0, 0.1) is 5.82 Å². The first kappa shape index (κ1) is 11.6. The Morgan fingerprint density at radius 2 is 2.00 bits per heavy atom. The van der Waals surface area contributed by atoms with E-state index in [0.717, 1.165) is 0 Å². The molecule has 1 aromatic carbocycles. The van der Waals surface area contributed by atoms with E-state index < -0.39 is 11.4 Å². The molecule has 0 saturated heterocycles. The zero-order valence-electron chi connectivity index (χ0n) is 8.01.